The molecule has 6 heteroatoms. The molecular formula is C11H15N2O4+. The van der Waals surface area contributed by atoms with Crippen LogP contribution in [0.2, 0.25) is 0 Å². The number of hydrogen-bond acceptors (Lipinski definition) is 4. The van der Waals surface area contributed by atoms with Crippen LogP contribution >= 0.6 is 0 Å². The minimum Gasteiger partial charge on any atom is -0.458 e. The second-order valence-electron chi connectivity index (χ2n) is 3.39. The van der Waals surface area contributed by atoms with E-state index in [1.165, 1.54) is 31.1 Å². The second-order valence-corrected chi connectivity index (χ2v) is 3.39. The van der Waals surface area contributed by atoms with Gasteiger partial charge in [-0.15, -0.1) is 0 Å². The zero-order valence-corrected chi connectivity index (χ0v) is 10.0. The first kappa shape index (κ1) is 13.0. The van der Waals surface area contributed by atoms with Crippen molar-refractivity contribution in [2.24, 2.45) is 0 Å². The number of amides is 1. The highest BCUT2D eigenvalue weighted by atomic mass is 16.5. The van der Waals surface area contributed by atoms with Gasteiger partial charge in [-0.1, -0.05) is 0 Å². The molecule has 0 saturated carbocycles. The minimum atomic E-state index is -0.682. The molecular weight excluding hydrogens is 224 g/mol. The lowest BCUT2D eigenvalue weighted by Crippen LogP contribution is -2.41. The smallest absolute Gasteiger partial charge is 0.410 e. The Kier molecular flexibility index (Phi) is 4.03. The number of hydrogen-bond donors (Lipinski definition) is 1. The van der Waals surface area contributed by atoms with Crippen molar-refractivity contribution in [3.63, 3.8) is 0 Å². The van der Waals surface area contributed by atoms with E-state index in [0.717, 1.165) is 0 Å². The van der Waals surface area contributed by atoms with Gasteiger partial charge in [0.2, 0.25) is 12.1 Å². The van der Waals surface area contributed by atoms with Gasteiger partial charge in [-0.3, -0.25) is 10.0 Å². The van der Waals surface area contributed by atoms with E-state index in [4.69, 9.17) is 4.74 Å². The van der Waals surface area contributed by atoms with E-state index in [1.54, 1.807) is 13.0 Å². The van der Waals surface area contributed by atoms with Gasteiger partial charge in [0.25, 0.3) is 0 Å². The van der Waals surface area contributed by atoms with Crippen LogP contribution in [0, 0.1) is 0 Å². The Morgan fingerprint density at radius 3 is 2.71 bits per heavy atom. The molecule has 0 aliphatic rings. The standard InChI is InChI=1S/C11H15N2O4/c1-4-17-11(15)10-9(12(3)8(2)14)6-5-7-13(10)16/h5-7,16H,4H2,1-3H3/q+1. The Bertz CT molecular complexity index is 445. The summed E-state index contributed by atoms with van der Waals surface area (Å²) in [5.41, 5.74) is 0.216. The lowest BCUT2D eigenvalue weighted by atomic mass is 10.2. The highest BCUT2D eigenvalue weighted by Gasteiger charge is 2.29. The highest BCUT2D eigenvalue weighted by molar-refractivity contribution is 5.99. The molecule has 0 aliphatic heterocycles. The number of rotatable bonds is 3. The summed E-state index contributed by atoms with van der Waals surface area (Å²) >= 11 is 0. The second kappa shape index (κ2) is 5.29. The first-order valence-electron chi connectivity index (χ1n) is 5.14. The molecule has 0 atom stereocenters. The van der Waals surface area contributed by atoms with Crippen LogP contribution in [0.3, 0.4) is 0 Å². The Labute approximate surface area is 99.0 Å². The summed E-state index contributed by atoms with van der Waals surface area (Å²) in [4.78, 5) is 24.2. The van der Waals surface area contributed by atoms with Crippen molar-refractivity contribution in [3.05, 3.63) is 24.0 Å². The van der Waals surface area contributed by atoms with Crippen LogP contribution in [0.15, 0.2) is 18.3 Å². The molecule has 1 aromatic heterocycles. The summed E-state index contributed by atoms with van der Waals surface area (Å²) in [5.74, 6) is -0.930. The Balaban J connectivity index is 3.26. The molecule has 0 aromatic carbocycles. The first-order valence-corrected chi connectivity index (χ1v) is 5.14. The minimum absolute atomic E-state index is 0.0768. The Morgan fingerprint density at radius 1 is 1.53 bits per heavy atom. The van der Waals surface area contributed by atoms with Crippen molar-refractivity contribution < 1.29 is 24.3 Å². The third-order valence-corrected chi connectivity index (χ3v) is 2.26. The number of anilines is 1. The average Bonchev–Trinajstić information content (AvgIpc) is 2.27. The number of ether oxygens (including phenoxy) is 1. The fraction of sp³-hybridized carbons (Fsp3) is 0.364. The van der Waals surface area contributed by atoms with E-state index in [0.29, 0.717) is 10.4 Å². The van der Waals surface area contributed by atoms with Gasteiger partial charge < -0.3 is 9.64 Å². The lowest BCUT2D eigenvalue weighted by molar-refractivity contribution is -0.905. The van der Waals surface area contributed by atoms with E-state index in [9.17, 15) is 14.8 Å². The number of pyridine rings is 1. The summed E-state index contributed by atoms with van der Waals surface area (Å²) in [6, 6.07) is 3.08. The molecule has 1 amide bonds. The summed E-state index contributed by atoms with van der Waals surface area (Å²) in [7, 11) is 1.51. The van der Waals surface area contributed by atoms with Crippen LogP contribution in [0.25, 0.3) is 0 Å². The number of nitrogens with zero attached hydrogens (tertiary/aromatic N) is 2. The van der Waals surface area contributed by atoms with Crippen LogP contribution in [-0.2, 0) is 9.53 Å². The molecule has 0 fully saturated rings. The normalized spacial score (nSPS) is 9.82. The molecule has 1 heterocycles. The largest absolute Gasteiger partial charge is 0.458 e. The van der Waals surface area contributed by atoms with Gasteiger partial charge >= 0.3 is 11.7 Å². The number of carbonyl (C=O) groups is 2. The number of esters is 1. The average molecular weight is 239 g/mol. The molecule has 1 aromatic rings. The first-order chi connectivity index (χ1) is 7.99. The highest BCUT2D eigenvalue weighted by Crippen LogP contribution is 2.16. The molecule has 0 saturated heterocycles. The molecule has 92 valence electrons. The zero-order chi connectivity index (χ0) is 13.0. The fourth-order valence-corrected chi connectivity index (χ4v) is 1.32. The maximum absolute atomic E-state index is 11.7. The van der Waals surface area contributed by atoms with Crippen molar-refractivity contribution in [1.82, 2.24) is 0 Å². The zero-order valence-electron chi connectivity index (χ0n) is 10.0. The van der Waals surface area contributed by atoms with Crippen molar-refractivity contribution in [1.29, 1.82) is 0 Å². The van der Waals surface area contributed by atoms with E-state index in [1.807, 2.05) is 0 Å². The maximum atomic E-state index is 11.7. The van der Waals surface area contributed by atoms with E-state index >= 15 is 0 Å². The molecule has 0 aliphatic carbocycles. The van der Waals surface area contributed by atoms with Crippen LogP contribution in [0.1, 0.15) is 24.3 Å². The van der Waals surface area contributed by atoms with Gasteiger partial charge in [-0.05, 0) is 13.0 Å². The summed E-state index contributed by atoms with van der Waals surface area (Å²) in [6.07, 6.45) is 1.30. The molecule has 0 unspecified atom stereocenters. The van der Waals surface area contributed by atoms with Crippen LogP contribution in [0.4, 0.5) is 5.69 Å². The summed E-state index contributed by atoms with van der Waals surface area (Å²) in [5, 5.41) is 9.60. The van der Waals surface area contributed by atoms with E-state index in [-0.39, 0.29) is 18.2 Å². The molecule has 17 heavy (non-hydrogen) atoms. The quantitative estimate of drug-likeness (QED) is 0.470. The lowest BCUT2D eigenvalue weighted by Gasteiger charge is -2.14. The van der Waals surface area contributed by atoms with E-state index < -0.39 is 5.97 Å². The summed E-state index contributed by atoms with van der Waals surface area (Å²) in [6.45, 7) is 3.22. The molecule has 0 bridgehead atoms. The van der Waals surface area contributed by atoms with Crippen LogP contribution in [-0.4, -0.2) is 30.7 Å². The molecule has 1 rings (SSSR count). The van der Waals surface area contributed by atoms with Crippen molar-refractivity contribution in [2.75, 3.05) is 18.6 Å². The Morgan fingerprint density at radius 2 is 2.18 bits per heavy atom. The summed E-state index contributed by atoms with van der Waals surface area (Å²) < 4.78 is 5.47. The monoisotopic (exact) mass is 239 g/mol. The van der Waals surface area contributed by atoms with Gasteiger partial charge in [0.1, 0.15) is 5.69 Å². The maximum Gasteiger partial charge on any atom is 0.410 e. The molecule has 1 N–H and O–H groups in total. The van der Waals surface area contributed by atoms with E-state index in [2.05, 4.69) is 0 Å². The molecule has 6 nitrogen and oxygen atoms in total. The topological polar surface area (TPSA) is 70.7 Å². The van der Waals surface area contributed by atoms with Gasteiger partial charge in [-0.25, -0.2) is 4.79 Å². The van der Waals surface area contributed by atoms with Crippen molar-refractivity contribution in [2.45, 2.75) is 13.8 Å². The fourth-order valence-electron chi connectivity index (χ4n) is 1.32. The van der Waals surface area contributed by atoms with Crippen molar-refractivity contribution in [3.8, 4) is 0 Å². The van der Waals surface area contributed by atoms with Gasteiger partial charge in [0, 0.05) is 24.8 Å². The third kappa shape index (κ3) is 2.72. The SMILES string of the molecule is CCOC(=O)c1c(N(C)C(C)=O)ccc[n+]1O. The molecule has 0 spiro atoms. The third-order valence-electron chi connectivity index (χ3n) is 2.26. The number of aromatic nitrogens is 1. The van der Waals surface area contributed by atoms with Crippen LogP contribution < -0.4 is 9.63 Å². The van der Waals surface area contributed by atoms with Crippen molar-refractivity contribution >= 4 is 17.6 Å². The van der Waals surface area contributed by atoms with Crippen LogP contribution in [0.5, 0.6) is 0 Å². The predicted octanol–water partition coefficient (Wildman–Crippen LogP) is 0.371. The number of carbonyl (C=O) groups excluding carboxylic acids is 2. The Hall–Kier alpha value is -2.11. The van der Waals surface area contributed by atoms with Gasteiger partial charge in [0.05, 0.1) is 6.61 Å². The predicted molar refractivity (Wildman–Crippen MR) is 58.9 cm³/mol. The van der Waals surface area contributed by atoms with Gasteiger partial charge in [-0.2, -0.15) is 0 Å². The van der Waals surface area contributed by atoms with Gasteiger partial charge in [0.15, 0.2) is 0 Å². The molecule has 0 radical (unpaired) electrons.